The number of methoxy groups -OCH3 is 1. The van der Waals surface area contributed by atoms with E-state index in [0.717, 1.165) is 11.6 Å². The second-order valence-corrected chi connectivity index (χ2v) is 7.53. The predicted molar refractivity (Wildman–Crippen MR) is 73.8 cm³/mol. The van der Waals surface area contributed by atoms with E-state index < -0.39 is 20.7 Å². The van der Waals surface area contributed by atoms with E-state index in [1.807, 2.05) is 0 Å². The fourth-order valence-electron chi connectivity index (χ4n) is 2.34. The second kappa shape index (κ2) is 5.44. The van der Waals surface area contributed by atoms with Crippen LogP contribution in [0.15, 0.2) is 33.6 Å². The van der Waals surface area contributed by atoms with Gasteiger partial charge < -0.3 is 9.94 Å². The largest absolute Gasteiger partial charge is 0.467 e. The molecule has 0 aliphatic carbocycles. The highest BCUT2D eigenvalue weighted by Crippen LogP contribution is 2.38. The number of ether oxygens (including phenoxy) is 1. The van der Waals surface area contributed by atoms with Gasteiger partial charge in [0.15, 0.2) is 0 Å². The van der Waals surface area contributed by atoms with Gasteiger partial charge in [-0.3, -0.25) is 0 Å². The summed E-state index contributed by atoms with van der Waals surface area (Å²) in [4.78, 5) is 9.93. The Labute approximate surface area is 125 Å². The van der Waals surface area contributed by atoms with Crippen molar-refractivity contribution in [3.05, 3.63) is 28.7 Å². The van der Waals surface area contributed by atoms with Gasteiger partial charge in [-0.15, -0.1) is 0 Å². The first-order chi connectivity index (χ1) is 9.36. The molecular formula is C12H14BrNO5S. The SMILES string of the molecule is COC(=O)[C@]1(S(=O)(=O)c2ccc(Br)cc2)CCCN1O. The van der Waals surface area contributed by atoms with Gasteiger partial charge in [0.05, 0.1) is 12.0 Å². The molecule has 0 radical (unpaired) electrons. The van der Waals surface area contributed by atoms with Crippen LogP contribution in [0.1, 0.15) is 12.8 Å². The van der Waals surface area contributed by atoms with E-state index in [0.29, 0.717) is 11.5 Å². The molecule has 1 aromatic rings. The van der Waals surface area contributed by atoms with Crippen LogP contribution in [0.3, 0.4) is 0 Å². The number of hydroxylamine groups is 2. The molecule has 1 atom stereocenters. The molecular weight excluding hydrogens is 350 g/mol. The molecule has 0 bridgehead atoms. The van der Waals surface area contributed by atoms with Crippen molar-refractivity contribution in [3.8, 4) is 0 Å². The first-order valence-electron chi connectivity index (χ1n) is 5.91. The summed E-state index contributed by atoms with van der Waals surface area (Å²) in [6.45, 7) is 0.102. The number of halogens is 1. The van der Waals surface area contributed by atoms with E-state index in [4.69, 9.17) is 0 Å². The van der Waals surface area contributed by atoms with Crippen LogP contribution in [0, 0.1) is 0 Å². The maximum absolute atomic E-state index is 12.8. The van der Waals surface area contributed by atoms with E-state index >= 15 is 0 Å². The van der Waals surface area contributed by atoms with E-state index in [1.165, 1.54) is 12.1 Å². The normalized spacial score (nSPS) is 23.8. The van der Waals surface area contributed by atoms with Crippen molar-refractivity contribution in [2.75, 3.05) is 13.7 Å². The van der Waals surface area contributed by atoms with E-state index in [1.54, 1.807) is 12.1 Å². The molecule has 6 nitrogen and oxygen atoms in total. The van der Waals surface area contributed by atoms with Crippen LogP contribution in [-0.2, 0) is 19.4 Å². The van der Waals surface area contributed by atoms with Crippen LogP contribution in [0.5, 0.6) is 0 Å². The Morgan fingerprint density at radius 1 is 1.40 bits per heavy atom. The molecule has 1 aliphatic rings. The fraction of sp³-hybridized carbons (Fsp3) is 0.417. The van der Waals surface area contributed by atoms with Gasteiger partial charge in [0, 0.05) is 11.0 Å². The van der Waals surface area contributed by atoms with Crippen molar-refractivity contribution in [2.45, 2.75) is 22.6 Å². The van der Waals surface area contributed by atoms with Gasteiger partial charge in [0.25, 0.3) is 0 Å². The van der Waals surface area contributed by atoms with Gasteiger partial charge in [-0.05, 0) is 37.1 Å². The van der Waals surface area contributed by atoms with Crippen molar-refractivity contribution in [3.63, 3.8) is 0 Å². The summed E-state index contributed by atoms with van der Waals surface area (Å²) in [6.07, 6.45) is 0.385. The Bertz CT molecular complexity index is 615. The number of carbonyl (C=O) groups is 1. The zero-order valence-electron chi connectivity index (χ0n) is 10.7. The number of carbonyl (C=O) groups excluding carboxylic acids is 1. The van der Waals surface area contributed by atoms with Crippen molar-refractivity contribution >= 4 is 31.7 Å². The maximum Gasteiger partial charge on any atom is 0.344 e. The topological polar surface area (TPSA) is 83.9 Å². The average molecular weight is 364 g/mol. The molecule has 0 amide bonds. The van der Waals surface area contributed by atoms with Crippen LogP contribution in [-0.4, -0.2) is 43.2 Å². The molecule has 1 heterocycles. The van der Waals surface area contributed by atoms with Crippen LogP contribution < -0.4 is 0 Å². The number of benzene rings is 1. The maximum atomic E-state index is 12.8. The number of hydrogen-bond acceptors (Lipinski definition) is 6. The molecule has 1 N–H and O–H groups in total. The minimum atomic E-state index is -4.10. The van der Waals surface area contributed by atoms with Crippen molar-refractivity contribution < 1.29 is 23.2 Å². The zero-order valence-corrected chi connectivity index (χ0v) is 13.1. The molecule has 1 fully saturated rings. The summed E-state index contributed by atoms with van der Waals surface area (Å²) in [7, 11) is -2.99. The van der Waals surface area contributed by atoms with Gasteiger partial charge in [-0.25, -0.2) is 13.2 Å². The Kier molecular flexibility index (Phi) is 4.19. The molecule has 20 heavy (non-hydrogen) atoms. The van der Waals surface area contributed by atoms with Crippen LogP contribution in [0.2, 0.25) is 0 Å². The second-order valence-electron chi connectivity index (χ2n) is 4.46. The molecule has 8 heteroatoms. The Morgan fingerprint density at radius 2 is 2.00 bits per heavy atom. The molecule has 110 valence electrons. The lowest BCUT2D eigenvalue weighted by Crippen LogP contribution is -2.55. The van der Waals surface area contributed by atoms with Gasteiger partial charge >= 0.3 is 5.97 Å². The van der Waals surface area contributed by atoms with Crippen LogP contribution in [0.4, 0.5) is 0 Å². The van der Waals surface area contributed by atoms with Crippen LogP contribution >= 0.6 is 15.9 Å². The molecule has 1 saturated heterocycles. The standard InChI is InChI=1S/C12H14BrNO5S/c1-19-11(15)12(7-2-8-14(12)16)20(17,18)10-5-3-9(13)4-6-10/h3-6,16H,2,7-8H2,1H3/t12-/m1/s1. The number of sulfone groups is 1. The van der Waals surface area contributed by atoms with Gasteiger partial charge in [-0.1, -0.05) is 15.9 Å². The third-order valence-corrected chi connectivity index (χ3v) is 6.27. The van der Waals surface area contributed by atoms with E-state index in [2.05, 4.69) is 20.7 Å². The van der Waals surface area contributed by atoms with E-state index in [-0.39, 0.29) is 17.9 Å². The van der Waals surface area contributed by atoms with Gasteiger partial charge in [0.1, 0.15) is 0 Å². The molecule has 0 unspecified atom stereocenters. The molecule has 1 aliphatic heterocycles. The lowest BCUT2D eigenvalue weighted by molar-refractivity contribution is -0.171. The number of hydrogen-bond donors (Lipinski definition) is 1. The minimum Gasteiger partial charge on any atom is -0.467 e. The number of esters is 1. The number of nitrogens with zero attached hydrogens (tertiary/aromatic N) is 1. The van der Waals surface area contributed by atoms with Gasteiger partial charge in [0.2, 0.25) is 14.7 Å². The van der Waals surface area contributed by atoms with E-state index in [9.17, 15) is 18.4 Å². The summed E-state index contributed by atoms with van der Waals surface area (Å²) in [5.41, 5.74) is 0. The summed E-state index contributed by atoms with van der Waals surface area (Å²) >= 11 is 3.22. The highest BCUT2D eigenvalue weighted by atomic mass is 79.9. The molecule has 0 saturated carbocycles. The highest BCUT2D eigenvalue weighted by Gasteiger charge is 2.59. The van der Waals surface area contributed by atoms with Crippen molar-refractivity contribution in [1.29, 1.82) is 0 Å². The summed E-state index contributed by atoms with van der Waals surface area (Å²) < 4.78 is 30.9. The Hall–Kier alpha value is -0.960. The lowest BCUT2D eigenvalue weighted by Gasteiger charge is -2.30. The molecule has 0 aromatic heterocycles. The Morgan fingerprint density at radius 3 is 2.45 bits per heavy atom. The average Bonchev–Trinajstić information content (AvgIpc) is 2.81. The third kappa shape index (κ3) is 2.16. The summed E-state index contributed by atoms with van der Waals surface area (Å²) in [6, 6.07) is 5.90. The number of rotatable bonds is 3. The Balaban J connectivity index is 2.59. The van der Waals surface area contributed by atoms with Gasteiger partial charge in [-0.2, -0.15) is 5.06 Å². The third-order valence-electron chi connectivity index (χ3n) is 3.38. The minimum absolute atomic E-state index is 0.00539. The monoisotopic (exact) mass is 363 g/mol. The fourth-order valence-corrected chi connectivity index (χ4v) is 4.57. The van der Waals surface area contributed by atoms with Crippen molar-refractivity contribution in [2.24, 2.45) is 0 Å². The highest BCUT2D eigenvalue weighted by molar-refractivity contribution is 9.10. The lowest BCUT2D eigenvalue weighted by atomic mass is 10.2. The predicted octanol–water partition coefficient (Wildman–Crippen LogP) is 1.58. The smallest absolute Gasteiger partial charge is 0.344 e. The zero-order chi connectivity index (χ0) is 15.0. The van der Waals surface area contributed by atoms with Crippen molar-refractivity contribution in [1.82, 2.24) is 5.06 Å². The summed E-state index contributed by atoms with van der Waals surface area (Å²) in [5.74, 6) is -0.972. The first-order valence-corrected chi connectivity index (χ1v) is 8.19. The molecule has 1 aromatic carbocycles. The molecule has 2 rings (SSSR count). The van der Waals surface area contributed by atoms with Crippen LogP contribution in [0.25, 0.3) is 0 Å². The molecule has 0 spiro atoms. The summed E-state index contributed by atoms with van der Waals surface area (Å²) in [5, 5.41) is 10.5. The first kappa shape index (κ1) is 15.4. The quantitative estimate of drug-likeness (QED) is 0.820.